The molecule has 0 spiro atoms. The molecule has 0 heterocycles. The van der Waals surface area contributed by atoms with E-state index in [2.05, 4.69) is 5.32 Å². The average molecular weight is 371 g/mol. The minimum atomic E-state index is -0.577. The Labute approximate surface area is 160 Å². The van der Waals surface area contributed by atoms with E-state index in [0.717, 1.165) is 31.2 Å². The second kappa shape index (κ2) is 6.93. The number of nitrogens with one attached hydrogen (secondary N) is 1. The highest BCUT2D eigenvalue weighted by Crippen LogP contribution is 2.62. The quantitative estimate of drug-likeness (QED) is 0.754. The molecule has 5 atom stereocenters. The van der Waals surface area contributed by atoms with Gasteiger partial charge in [-0.3, -0.25) is 9.59 Å². The van der Waals surface area contributed by atoms with Crippen LogP contribution in [0.2, 0.25) is 0 Å². The fraction of sp³-hybridized carbons (Fsp3) is 0.636. The summed E-state index contributed by atoms with van der Waals surface area (Å²) in [7, 11) is 0. The average Bonchev–Trinajstić information content (AvgIpc) is 2.58. The summed E-state index contributed by atoms with van der Waals surface area (Å²) >= 11 is 0. The standard InChI is InChI=1S/C22H29NO4/c1-15(18-5-3-2-4-6-18)23-19(24)13-27-20(25)12-21-8-16-7-17(9-21)11-22(26,10-16)14-21/h2-6,15-17,26H,7-14H2,1H3,(H,23,24)/t15-,16-,17+,21?,22?/m1/s1. The molecular weight excluding hydrogens is 342 g/mol. The van der Waals surface area contributed by atoms with Crippen LogP contribution in [0.25, 0.3) is 0 Å². The van der Waals surface area contributed by atoms with E-state index in [0.29, 0.717) is 24.7 Å². The first-order chi connectivity index (χ1) is 12.8. The summed E-state index contributed by atoms with van der Waals surface area (Å²) in [5, 5.41) is 13.7. The van der Waals surface area contributed by atoms with Gasteiger partial charge in [-0.2, -0.15) is 0 Å². The van der Waals surface area contributed by atoms with Crippen molar-refractivity contribution in [1.29, 1.82) is 0 Å². The molecule has 5 rings (SSSR count). The number of rotatable bonds is 6. The predicted molar refractivity (Wildman–Crippen MR) is 101 cm³/mol. The molecule has 4 aliphatic rings. The minimum Gasteiger partial charge on any atom is -0.456 e. The molecule has 0 aromatic heterocycles. The van der Waals surface area contributed by atoms with Crippen molar-refractivity contribution in [3.05, 3.63) is 35.9 Å². The van der Waals surface area contributed by atoms with Gasteiger partial charge in [0.1, 0.15) is 0 Å². The summed E-state index contributed by atoms with van der Waals surface area (Å²) in [5.74, 6) is 0.477. The molecule has 0 aliphatic heterocycles. The molecule has 4 fully saturated rings. The van der Waals surface area contributed by atoms with Gasteiger partial charge in [0.25, 0.3) is 5.91 Å². The molecule has 27 heavy (non-hydrogen) atoms. The van der Waals surface area contributed by atoms with E-state index in [1.807, 2.05) is 37.3 Å². The Morgan fingerprint density at radius 1 is 1.19 bits per heavy atom. The van der Waals surface area contributed by atoms with E-state index in [9.17, 15) is 14.7 Å². The van der Waals surface area contributed by atoms with Gasteiger partial charge < -0.3 is 15.2 Å². The van der Waals surface area contributed by atoms with Gasteiger partial charge in [0.15, 0.2) is 6.61 Å². The lowest BCUT2D eigenvalue weighted by Gasteiger charge is -2.60. The first kappa shape index (κ1) is 18.5. The first-order valence-electron chi connectivity index (χ1n) is 10.1. The normalized spacial score (nSPS) is 34.9. The van der Waals surface area contributed by atoms with Crippen LogP contribution in [0.5, 0.6) is 0 Å². The van der Waals surface area contributed by atoms with Crippen LogP contribution in [-0.2, 0) is 14.3 Å². The lowest BCUT2D eigenvalue weighted by molar-refractivity contribution is -0.177. The maximum atomic E-state index is 12.4. The number of amides is 1. The summed E-state index contributed by atoms with van der Waals surface area (Å²) in [6, 6.07) is 9.56. The molecule has 2 N–H and O–H groups in total. The SMILES string of the molecule is C[C@@H](NC(=O)COC(=O)CC12C[C@@H]3C[C@@H](CC(O)(C3)C1)C2)c1ccccc1. The third-order valence-electron chi connectivity index (χ3n) is 6.71. The molecule has 5 heteroatoms. The van der Waals surface area contributed by atoms with Crippen LogP contribution in [0, 0.1) is 17.3 Å². The van der Waals surface area contributed by atoms with Crippen LogP contribution < -0.4 is 5.32 Å². The summed E-state index contributed by atoms with van der Waals surface area (Å²) in [5.41, 5.74) is 0.315. The van der Waals surface area contributed by atoms with Crippen LogP contribution in [0.4, 0.5) is 0 Å². The second-order valence-electron chi connectivity index (χ2n) is 9.22. The van der Waals surface area contributed by atoms with E-state index >= 15 is 0 Å². The number of benzene rings is 1. The van der Waals surface area contributed by atoms with E-state index in [1.54, 1.807) is 0 Å². The molecule has 5 nitrogen and oxygen atoms in total. The number of carbonyl (C=O) groups is 2. The molecule has 146 valence electrons. The smallest absolute Gasteiger partial charge is 0.306 e. The zero-order valence-corrected chi connectivity index (χ0v) is 15.9. The Morgan fingerprint density at radius 2 is 1.85 bits per heavy atom. The number of carbonyl (C=O) groups excluding carboxylic acids is 2. The van der Waals surface area contributed by atoms with E-state index in [4.69, 9.17) is 4.74 Å². The van der Waals surface area contributed by atoms with Crippen molar-refractivity contribution in [2.75, 3.05) is 6.61 Å². The van der Waals surface area contributed by atoms with Crippen molar-refractivity contribution >= 4 is 11.9 Å². The molecule has 2 unspecified atom stereocenters. The Balaban J connectivity index is 1.27. The molecule has 1 amide bonds. The highest BCUT2D eigenvalue weighted by molar-refractivity contribution is 5.81. The Hall–Kier alpha value is -1.88. The van der Waals surface area contributed by atoms with Crippen LogP contribution in [0.15, 0.2) is 30.3 Å². The third-order valence-corrected chi connectivity index (χ3v) is 6.71. The molecule has 4 bridgehead atoms. The number of hydrogen-bond acceptors (Lipinski definition) is 4. The molecule has 0 saturated heterocycles. The van der Waals surface area contributed by atoms with Gasteiger partial charge in [-0.25, -0.2) is 0 Å². The molecule has 1 aromatic carbocycles. The van der Waals surface area contributed by atoms with E-state index < -0.39 is 5.60 Å². The maximum absolute atomic E-state index is 12.4. The van der Waals surface area contributed by atoms with Crippen molar-refractivity contribution in [3.63, 3.8) is 0 Å². The molecular formula is C22H29NO4. The second-order valence-corrected chi connectivity index (χ2v) is 9.22. The largest absolute Gasteiger partial charge is 0.456 e. The minimum absolute atomic E-state index is 0.121. The van der Waals surface area contributed by atoms with Crippen LogP contribution in [0.3, 0.4) is 0 Å². The van der Waals surface area contributed by atoms with Gasteiger partial charge in [0.2, 0.25) is 0 Å². The van der Waals surface area contributed by atoms with Crippen molar-refractivity contribution in [2.24, 2.45) is 17.3 Å². The number of esters is 1. The summed E-state index contributed by atoms with van der Waals surface area (Å²) in [6.07, 6.45) is 6.03. The van der Waals surface area contributed by atoms with Gasteiger partial charge in [-0.15, -0.1) is 0 Å². The van der Waals surface area contributed by atoms with E-state index in [-0.39, 0.29) is 29.9 Å². The monoisotopic (exact) mass is 371 g/mol. The van der Waals surface area contributed by atoms with Gasteiger partial charge in [-0.05, 0) is 68.3 Å². The van der Waals surface area contributed by atoms with Crippen LogP contribution >= 0.6 is 0 Å². The summed E-state index contributed by atoms with van der Waals surface area (Å²) < 4.78 is 5.28. The lowest BCUT2D eigenvalue weighted by atomic mass is 9.47. The zero-order chi connectivity index (χ0) is 19.1. The van der Waals surface area contributed by atoms with Gasteiger partial charge in [0, 0.05) is 0 Å². The topological polar surface area (TPSA) is 75.6 Å². The van der Waals surface area contributed by atoms with Crippen molar-refractivity contribution in [1.82, 2.24) is 5.32 Å². The highest BCUT2D eigenvalue weighted by Gasteiger charge is 2.57. The van der Waals surface area contributed by atoms with Crippen LogP contribution in [-0.4, -0.2) is 29.2 Å². The lowest BCUT2D eigenvalue weighted by Crippen LogP contribution is -2.56. The van der Waals surface area contributed by atoms with E-state index in [1.165, 1.54) is 6.42 Å². The van der Waals surface area contributed by atoms with Crippen LogP contribution in [0.1, 0.15) is 63.5 Å². The summed E-state index contributed by atoms with van der Waals surface area (Å²) in [6.45, 7) is 1.66. The number of hydrogen-bond donors (Lipinski definition) is 2. The zero-order valence-electron chi connectivity index (χ0n) is 15.9. The Bertz CT molecular complexity index is 702. The van der Waals surface area contributed by atoms with Gasteiger partial charge in [0.05, 0.1) is 18.1 Å². The fourth-order valence-corrected chi connectivity index (χ4v) is 6.22. The summed E-state index contributed by atoms with van der Waals surface area (Å²) in [4.78, 5) is 24.5. The molecule has 0 radical (unpaired) electrons. The van der Waals surface area contributed by atoms with Gasteiger partial charge >= 0.3 is 5.97 Å². The number of ether oxygens (including phenoxy) is 1. The Kier molecular flexibility index (Phi) is 4.75. The van der Waals surface area contributed by atoms with Crippen molar-refractivity contribution < 1.29 is 19.4 Å². The predicted octanol–water partition coefficient (Wildman–Crippen LogP) is 3.13. The van der Waals surface area contributed by atoms with Crippen molar-refractivity contribution in [3.8, 4) is 0 Å². The van der Waals surface area contributed by atoms with Gasteiger partial charge in [-0.1, -0.05) is 30.3 Å². The number of aliphatic hydroxyl groups is 1. The molecule has 4 aliphatic carbocycles. The maximum Gasteiger partial charge on any atom is 0.306 e. The highest BCUT2D eigenvalue weighted by atomic mass is 16.5. The molecule has 4 saturated carbocycles. The fourth-order valence-electron chi connectivity index (χ4n) is 6.22. The third kappa shape index (κ3) is 4.03. The first-order valence-corrected chi connectivity index (χ1v) is 10.1. The molecule has 1 aromatic rings. The van der Waals surface area contributed by atoms with Crippen molar-refractivity contribution in [2.45, 2.75) is 63.5 Å². The Morgan fingerprint density at radius 3 is 2.48 bits per heavy atom.